The first-order valence-corrected chi connectivity index (χ1v) is 7.62. The maximum atomic E-state index is 13.9. The lowest BCUT2D eigenvalue weighted by atomic mass is 10.3. The molecule has 0 saturated carbocycles. The van der Waals surface area contributed by atoms with E-state index in [4.69, 9.17) is 0 Å². The summed E-state index contributed by atoms with van der Waals surface area (Å²) in [5.74, 6) is -1.03. The molecule has 1 aromatic carbocycles. The van der Waals surface area contributed by atoms with Gasteiger partial charge in [0.25, 0.3) is 5.69 Å². The molecule has 0 saturated heterocycles. The van der Waals surface area contributed by atoms with Crippen molar-refractivity contribution in [1.82, 2.24) is 4.31 Å². The summed E-state index contributed by atoms with van der Waals surface area (Å²) in [5.41, 5.74) is -0.487. The second kappa shape index (κ2) is 5.93. The molecule has 0 amide bonds. The predicted molar refractivity (Wildman–Crippen MR) is 70.9 cm³/mol. The minimum absolute atomic E-state index is 0.151. The highest BCUT2D eigenvalue weighted by Crippen LogP contribution is 2.30. The molecule has 0 aliphatic carbocycles. The van der Waals surface area contributed by atoms with Gasteiger partial charge in [0, 0.05) is 25.2 Å². The van der Waals surface area contributed by atoms with Crippen molar-refractivity contribution in [2.75, 3.05) is 13.1 Å². The van der Waals surface area contributed by atoms with Crippen molar-refractivity contribution in [3.63, 3.8) is 0 Å². The fraction of sp³-hybridized carbons (Fsp3) is 0.400. The summed E-state index contributed by atoms with van der Waals surface area (Å²) in [4.78, 5) is 9.24. The average Bonchev–Trinajstić information content (AvgIpc) is 2.33. The van der Waals surface area contributed by atoms with Crippen LogP contribution in [0.15, 0.2) is 21.5 Å². The molecule has 0 aliphatic heterocycles. The van der Waals surface area contributed by atoms with Gasteiger partial charge in [0.1, 0.15) is 4.90 Å². The number of nitro groups is 1. The highest BCUT2D eigenvalue weighted by molar-refractivity contribution is 9.10. The molecule has 1 rings (SSSR count). The Kier molecular flexibility index (Phi) is 4.99. The number of benzene rings is 1. The molecule has 1 aromatic rings. The van der Waals surface area contributed by atoms with E-state index >= 15 is 0 Å². The van der Waals surface area contributed by atoms with Gasteiger partial charge in [-0.05, 0) is 15.9 Å². The summed E-state index contributed by atoms with van der Waals surface area (Å²) in [6, 6.07) is 1.66. The molecular weight excluding hydrogens is 343 g/mol. The first kappa shape index (κ1) is 16.0. The Morgan fingerprint density at radius 3 is 2.32 bits per heavy atom. The van der Waals surface area contributed by atoms with E-state index in [0.29, 0.717) is 0 Å². The quantitative estimate of drug-likeness (QED) is 0.600. The van der Waals surface area contributed by atoms with Crippen molar-refractivity contribution >= 4 is 31.6 Å². The van der Waals surface area contributed by atoms with Crippen LogP contribution in [0.4, 0.5) is 10.1 Å². The maximum Gasteiger partial charge on any atom is 0.272 e. The molecule has 0 bridgehead atoms. The van der Waals surface area contributed by atoms with E-state index in [0.717, 1.165) is 16.4 Å². The first-order chi connectivity index (χ1) is 8.75. The molecule has 0 unspecified atom stereocenters. The third-order valence-electron chi connectivity index (χ3n) is 2.51. The van der Waals surface area contributed by atoms with Crippen molar-refractivity contribution in [3.8, 4) is 0 Å². The minimum atomic E-state index is -4.09. The Bertz CT molecular complexity index is 602. The summed E-state index contributed by atoms with van der Waals surface area (Å²) in [7, 11) is -4.09. The molecule has 106 valence electrons. The van der Waals surface area contributed by atoms with Gasteiger partial charge in [-0.25, -0.2) is 12.8 Å². The number of sulfonamides is 1. The third kappa shape index (κ3) is 3.10. The lowest BCUT2D eigenvalue weighted by Crippen LogP contribution is -2.31. The fourth-order valence-electron chi connectivity index (χ4n) is 1.55. The summed E-state index contributed by atoms with van der Waals surface area (Å²) in [5, 5.41) is 10.7. The van der Waals surface area contributed by atoms with Gasteiger partial charge in [-0.1, -0.05) is 13.8 Å². The average molecular weight is 355 g/mol. The largest absolute Gasteiger partial charge is 0.272 e. The van der Waals surface area contributed by atoms with Gasteiger partial charge < -0.3 is 0 Å². The summed E-state index contributed by atoms with van der Waals surface area (Å²) in [6.07, 6.45) is 0. The smallest absolute Gasteiger partial charge is 0.258 e. The molecule has 19 heavy (non-hydrogen) atoms. The molecule has 0 fully saturated rings. The number of nitro benzene ring substituents is 1. The summed E-state index contributed by atoms with van der Waals surface area (Å²) >= 11 is 2.79. The molecule has 6 nitrogen and oxygen atoms in total. The second-order valence-corrected chi connectivity index (χ2v) is 6.35. The lowest BCUT2D eigenvalue weighted by Gasteiger charge is -2.18. The van der Waals surface area contributed by atoms with E-state index in [9.17, 15) is 22.9 Å². The Labute approximate surface area is 118 Å². The van der Waals surface area contributed by atoms with Crippen LogP contribution < -0.4 is 0 Å². The number of hydrogen-bond acceptors (Lipinski definition) is 4. The van der Waals surface area contributed by atoms with Crippen molar-refractivity contribution in [3.05, 3.63) is 32.5 Å². The molecule has 0 heterocycles. The Morgan fingerprint density at radius 1 is 1.37 bits per heavy atom. The zero-order valence-electron chi connectivity index (χ0n) is 10.3. The van der Waals surface area contributed by atoms with Crippen molar-refractivity contribution in [2.24, 2.45) is 0 Å². The van der Waals surface area contributed by atoms with Crippen LogP contribution in [0.3, 0.4) is 0 Å². The number of halogens is 2. The molecule has 0 spiro atoms. The Morgan fingerprint density at radius 2 is 1.89 bits per heavy atom. The molecule has 0 aliphatic rings. The zero-order valence-corrected chi connectivity index (χ0v) is 12.7. The Balaban J connectivity index is 3.54. The summed E-state index contributed by atoms with van der Waals surface area (Å²) < 4.78 is 39.0. The van der Waals surface area contributed by atoms with E-state index in [1.165, 1.54) is 0 Å². The SMILES string of the molecule is CCN(CC)S(=O)(=O)c1cc([N+](=O)[O-])cc(Br)c1F. The maximum absolute atomic E-state index is 13.9. The van der Waals surface area contributed by atoms with Gasteiger partial charge in [-0.2, -0.15) is 4.31 Å². The van der Waals surface area contributed by atoms with Crippen molar-refractivity contribution in [2.45, 2.75) is 18.7 Å². The van der Waals surface area contributed by atoms with Crippen LogP contribution in [-0.2, 0) is 10.0 Å². The Hall–Kier alpha value is -1.06. The fourth-order valence-corrected chi connectivity index (χ4v) is 3.69. The minimum Gasteiger partial charge on any atom is -0.258 e. The normalized spacial score (nSPS) is 11.8. The van der Waals surface area contributed by atoms with E-state index in [-0.39, 0.29) is 17.6 Å². The molecule has 0 atom stereocenters. The van der Waals surface area contributed by atoms with E-state index in [1.54, 1.807) is 13.8 Å². The van der Waals surface area contributed by atoms with Crippen LogP contribution >= 0.6 is 15.9 Å². The van der Waals surface area contributed by atoms with E-state index in [1.807, 2.05) is 0 Å². The standard InChI is InChI=1S/C10H12BrFN2O4S/c1-3-13(4-2)19(17,18)9-6-7(14(15)16)5-8(11)10(9)12/h5-6H,3-4H2,1-2H3. The van der Waals surface area contributed by atoms with Crippen LogP contribution in [0.2, 0.25) is 0 Å². The third-order valence-corrected chi connectivity index (χ3v) is 5.14. The first-order valence-electron chi connectivity index (χ1n) is 5.39. The van der Waals surface area contributed by atoms with Gasteiger partial charge in [-0.15, -0.1) is 0 Å². The number of non-ortho nitro benzene ring substituents is 1. The molecule has 0 N–H and O–H groups in total. The monoisotopic (exact) mass is 354 g/mol. The van der Waals surface area contributed by atoms with E-state index in [2.05, 4.69) is 15.9 Å². The van der Waals surface area contributed by atoms with Crippen LogP contribution in [0.1, 0.15) is 13.8 Å². The second-order valence-electron chi connectivity index (χ2n) is 3.59. The van der Waals surface area contributed by atoms with E-state index < -0.39 is 31.3 Å². The van der Waals surface area contributed by atoms with Gasteiger partial charge in [0.2, 0.25) is 10.0 Å². The van der Waals surface area contributed by atoms with Crippen LogP contribution in [0.25, 0.3) is 0 Å². The molecule has 0 radical (unpaired) electrons. The molecular formula is C10H12BrFN2O4S. The highest BCUT2D eigenvalue weighted by atomic mass is 79.9. The topological polar surface area (TPSA) is 80.5 Å². The highest BCUT2D eigenvalue weighted by Gasteiger charge is 2.29. The van der Waals surface area contributed by atoms with Gasteiger partial charge in [0.15, 0.2) is 5.82 Å². The predicted octanol–water partition coefficient (Wildman–Crippen LogP) is 2.53. The molecule has 0 aromatic heterocycles. The van der Waals surface area contributed by atoms with Gasteiger partial charge in [-0.3, -0.25) is 10.1 Å². The lowest BCUT2D eigenvalue weighted by molar-refractivity contribution is -0.385. The van der Waals surface area contributed by atoms with Gasteiger partial charge in [0.05, 0.1) is 9.40 Å². The van der Waals surface area contributed by atoms with Crippen LogP contribution in [0, 0.1) is 15.9 Å². The van der Waals surface area contributed by atoms with Crippen LogP contribution in [-0.4, -0.2) is 30.7 Å². The van der Waals surface area contributed by atoms with Crippen molar-refractivity contribution in [1.29, 1.82) is 0 Å². The number of hydrogen-bond donors (Lipinski definition) is 0. The van der Waals surface area contributed by atoms with Crippen molar-refractivity contribution < 1.29 is 17.7 Å². The van der Waals surface area contributed by atoms with Crippen LogP contribution in [0.5, 0.6) is 0 Å². The van der Waals surface area contributed by atoms with Gasteiger partial charge >= 0.3 is 0 Å². The number of rotatable bonds is 5. The number of nitrogens with zero attached hydrogens (tertiary/aromatic N) is 2. The summed E-state index contributed by atoms with van der Waals surface area (Å²) in [6.45, 7) is 3.51. The molecule has 9 heteroatoms. The zero-order chi connectivity index (χ0) is 14.8.